The molecule has 0 amide bonds. The minimum Gasteiger partial charge on any atom is -0.383 e. The second-order valence-corrected chi connectivity index (χ2v) is 4.67. The van der Waals surface area contributed by atoms with E-state index in [1.807, 2.05) is 0 Å². The van der Waals surface area contributed by atoms with E-state index in [1.165, 1.54) is 11.1 Å². The summed E-state index contributed by atoms with van der Waals surface area (Å²) in [5.74, 6) is 0. The molecule has 0 unspecified atom stereocenters. The Labute approximate surface area is 115 Å². The zero-order valence-electron chi connectivity index (χ0n) is 11.5. The van der Waals surface area contributed by atoms with E-state index < -0.39 is 0 Å². The zero-order valence-corrected chi connectivity index (χ0v) is 11.5. The van der Waals surface area contributed by atoms with Crippen LogP contribution in [0.2, 0.25) is 0 Å². The summed E-state index contributed by atoms with van der Waals surface area (Å²) in [6, 6.07) is 21.2. The molecule has 0 radical (unpaired) electrons. The van der Waals surface area contributed by atoms with Crippen molar-refractivity contribution in [2.75, 3.05) is 20.3 Å². The van der Waals surface area contributed by atoms with Crippen LogP contribution in [0.25, 0.3) is 0 Å². The molecule has 0 aliphatic carbocycles. The van der Waals surface area contributed by atoms with E-state index in [0.717, 1.165) is 26.2 Å². The quantitative estimate of drug-likeness (QED) is 0.752. The Hall–Kier alpha value is -1.64. The molecule has 0 N–H and O–H groups in total. The van der Waals surface area contributed by atoms with Crippen molar-refractivity contribution in [2.45, 2.75) is 13.1 Å². The van der Waals surface area contributed by atoms with Gasteiger partial charge in [-0.2, -0.15) is 0 Å². The lowest BCUT2D eigenvalue weighted by atomic mass is 10.1. The number of rotatable bonds is 7. The highest BCUT2D eigenvalue weighted by Crippen LogP contribution is 2.09. The van der Waals surface area contributed by atoms with Gasteiger partial charge < -0.3 is 4.74 Å². The smallest absolute Gasteiger partial charge is 0.0589 e. The molecule has 19 heavy (non-hydrogen) atoms. The van der Waals surface area contributed by atoms with Gasteiger partial charge in [0, 0.05) is 26.7 Å². The van der Waals surface area contributed by atoms with E-state index in [0.29, 0.717) is 0 Å². The van der Waals surface area contributed by atoms with E-state index in [1.54, 1.807) is 7.11 Å². The van der Waals surface area contributed by atoms with Crippen molar-refractivity contribution in [3.8, 4) is 0 Å². The third kappa shape index (κ3) is 4.86. The van der Waals surface area contributed by atoms with Crippen LogP contribution in [0, 0.1) is 0 Å². The molecular formula is C17H21NO. The Morgan fingerprint density at radius 1 is 0.789 bits per heavy atom. The van der Waals surface area contributed by atoms with Gasteiger partial charge in [-0.1, -0.05) is 60.7 Å². The number of methoxy groups -OCH3 is 1. The highest BCUT2D eigenvalue weighted by molar-refractivity contribution is 5.17. The third-order valence-corrected chi connectivity index (χ3v) is 3.11. The van der Waals surface area contributed by atoms with Gasteiger partial charge in [-0.15, -0.1) is 0 Å². The summed E-state index contributed by atoms with van der Waals surface area (Å²) >= 11 is 0. The molecule has 0 aromatic heterocycles. The van der Waals surface area contributed by atoms with Gasteiger partial charge in [0.1, 0.15) is 0 Å². The molecule has 0 saturated carbocycles. The molecule has 0 spiro atoms. The first kappa shape index (κ1) is 13.8. The second-order valence-electron chi connectivity index (χ2n) is 4.67. The number of nitrogens with zero attached hydrogens (tertiary/aromatic N) is 1. The SMILES string of the molecule is COCCN(Cc1ccccc1)Cc1ccccc1. The lowest BCUT2D eigenvalue weighted by Crippen LogP contribution is -2.26. The lowest BCUT2D eigenvalue weighted by molar-refractivity contribution is 0.140. The Balaban J connectivity index is 1.99. The van der Waals surface area contributed by atoms with Gasteiger partial charge >= 0.3 is 0 Å². The first-order chi connectivity index (χ1) is 9.38. The summed E-state index contributed by atoms with van der Waals surface area (Å²) in [5, 5.41) is 0. The van der Waals surface area contributed by atoms with Crippen molar-refractivity contribution in [2.24, 2.45) is 0 Å². The largest absolute Gasteiger partial charge is 0.383 e. The summed E-state index contributed by atoms with van der Waals surface area (Å²) in [4.78, 5) is 2.41. The summed E-state index contributed by atoms with van der Waals surface area (Å²) < 4.78 is 5.21. The summed E-state index contributed by atoms with van der Waals surface area (Å²) in [7, 11) is 1.75. The van der Waals surface area contributed by atoms with Crippen molar-refractivity contribution in [3.63, 3.8) is 0 Å². The third-order valence-electron chi connectivity index (χ3n) is 3.11. The standard InChI is InChI=1S/C17H21NO/c1-19-13-12-18(14-16-8-4-2-5-9-16)15-17-10-6-3-7-11-17/h2-11H,12-15H2,1H3. The fraction of sp³-hybridized carbons (Fsp3) is 0.294. The van der Waals surface area contributed by atoms with Crippen LogP contribution in [0.1, 0.15) is 11.1 Å². The van der Waals surface area contributed by atoms with Crippen LogP contribution in [-0.2, 0) is 17.8 Å². The molecule has 0 fully saturated rings. The average molecular weight is 255 g/mol. The molecule has 0 aliphatic rings. The fourth-order valence-corrected chi connectivity index (χ4v) is 2.12. The Kier molecular flexibility index (Phi) is 5.60. The maximum Gasteiger partial charge on any atom is 0.0589 e. The first-order valence-corrected chi connectivity index (χ1v) is 6.67. The van der Waals surface area contributed by atoms with Crippen LogP contribution in [0.5, 0.6) is 0 Å². The summed E-state index contributed by atoms with van der Waals surface area (Å²) in [6.07, 6.45) is 0. The van der Waals surface area contributed by atoms with Gasteiger partial charge in [-0.05, 0) is 11.1 Å². The van der Waals surface area contributed by atoms with E-state index in [-0.39, 0.29) is 0 Å². The highest BCUT2D eigenvalue weighted by Gasteiger charge is 2.06. The van der Waals surface area contributed by atoms with Gasteiger partial charge in [0.05, 0.1) is 6.61 Å². The molecule has 2 aromatic carbocycles. The molecule has 0 bridgehead atoms. The molecule has 0 heterocycles. The molecule has 0 saturated heterocycles. The average Bonchev–Trinajstić information content (AvgIpc) is 2.47. The topological polar surface area (TPSA) is 12.5 Å². The van der Waals surface area contributed by atoms with Crippen LogP contribution in [0.15, 0.2) is 60.7 Å². The minimum atomic E-state index is 0.764. The first-order valence-electron chi connectivity index (χ1n) is 6.67. The van der Waals surface area contributed by atoms with Crippen LogP contribution in [0.4, 0.5) is 0 Å². The zero-order chi connectivity index (χ0) is 13.3. The van der Waals surface area contributed by atoms with Crippen molar-refractivity contribution in [1.82, 2.24) is 4.90 Å². The number of hydrogen-bond donors (Lipinski definition) is 0. The van der Waals surface area contributed by atoms with Crippen LogP contribution in [0.3, 0.4) is 0 Å². The van der Waals surface area contributed by atoms with E-state index in [4.69, 9.17) is 4.74 Å². The molecule has 0 atom stereocenters. The number of benzene rings is 2. The minimum absolute atomic E-state index is 0.764. The van der Waals surface area contributed by atoms with Crippen molar-refractivity contribution in [3.05, 3.63) is 71.8 Å². The van der Waals surface area contributed by atoms with Gasteiger partial charge in [0.2, 0.25) is 0 Å². The maximum atomic E-state index is 5.21. The monoisotopic (exact) mass is 255 g/mol. The van der Waals surface area contributed by atoms with Crippen molar-refractivity contribution in [1.29, 1.82) is 0 Å². The molecule has 2 nitrogen and oxygen atoms in total. The van der Waals surface area contributed by atoms with Gasteiger partial charge in [-0.25, -0.2) is 0 Å². The Morgan fingerprint density at radius 2 is 1.26 bits per heavy atom. The van der Waals surface area contributed by atoms with Crippen molar-refractivity contribution >= 4 is 0 Å². The number of ether oxygens (including phenoxy) is 1. The van der Waals surface area contributed by atoms with E-state index in [2.05, 4.69) is 65.6 Å². The molecular weight excluding hydrogens is 234 g/mol. The molecule has 100 valence electrons. The second kappa shape index (κ2) is 7.72. The molecule has 2 aromatic rings. The van der Waals surface area contributed by atoms with Crippen LogP contribution >= 0.6 is 0 Å². The maximum absolute atomic E-state index is 5.21. The molecule has 2 rings (SSSR count). The van der Waals surface area contributed by atoms with Crippen LogP contribution < -0.4 is 0 Å². The fourth-order valence-electron chi connectivity index (χ4n) is 2.12. The van der Waals surface area contributed by atoms with Crippen molar-refractivity contribution < 1.29 is 4.74 Å². The predicted molar refractivity (Wildman–Crippen MR) is 78.9 cm³/mol. The van der Waals surface area contributed by atoms with Gasteiger partial charge in [0.25, 0.3) is 0 Å². The number of hydrogen-bond acceptors (Lipinski definition) is 2. The highest BCUT2D eigenvalue weighted by atomic mass is 16.5. The molecule has 0 aliphatic heterocycles. The molecule has 2 heteroatoms. The Bertz CT molecular complexity index is 414. The van der Waals surface area contributed by atoms with Gasteiger partial charge in [-0.3, -0.25) is 4.90 Å². The summed E-state index contributed by atoms with van der Waals surface area (Å²) in [5.41, 5.74) is 2.68. The van der Waals surface area contributed by atoms with E-state index in [9.17, 15) is 0 Å². The lowest BCUT2D eigenvalue weighted by Gasteiger charge is -2.22. The normalized spacial score (nSPS) is 10.8. The predicted octanol–water partition coefficient (Wildman–Crippen LogP) is 3.34. The summed E-state index contributed by atoms with van der Waals surface area (Å²) in [6.45, 7) is 3.62. The van der Waals surface area contributed by atoms with Crippen LogP contribution in [-0.4, -0.2) is 25.2 Å². The van der Waals surface area contributed by atoms with E-state index >= 15 is 0 Å². The Morgan fingerprint density at radius 3 is 1.68 bits per heavy atom. The van der Waals surface area contributed by atoms with Gasteiger partial charge in [0.15, 0.2) is 0 Å².